The second kappa shape index (κ2) is 3.28. The van der Waals surface area contributed by atoms with Crippen molar-refractivity contribution in [2.75, 3.05) is 11.4 Å². The van der Waals surface area contributed by atoms with Crippen LogP contribution in [0.15, 0.2) is 24.3 Å². The van der Waals surface area contributed by atoms with Crippen molar-refractivity contribution in [3.05, 3.63) is 30.1 Å². The van der Waals surface area contributed by atoms with Crippen LogP contribution in [0, 0.1) is 17.7 Å². The zero-order valence-electron chi connectivity index (χ0n) is 8.77. The van der Waals surface area contributed by atoms with E-state index in [0.29, 0.717) is 12.5 Å². The number of benzene rings is 1. The first-order valence-corrected chi connectivity index (χ1v) is 5.51. The standard InChI is InChI=1S/C12H13FN2O/c13-7-1-3-8(4-2-7)15-11(6-14)9-5-10(9)12(15)16/h1-4,9-11H,5-6,14H2. The van der Waals surface area contributed by atoms with E-state index in [2.05, 4.69) is 0 Å². The molecular weight excluding hydrogens is 207 g/mol. The van der Waals surface area contributed by atoms with Crippen molar-refractivity contribution in [2.45, 2.75) is 12.5 Å². The molecule has 3 unspecified atom stereocenters. The summed E-state index contributed by atoms with van der Waals surface area (Å²) in [5.74, 6) is 0.443. The summed E-state index contributed by atoms with van der Waals surface area (Å²) in [5.41, 5.74) is 6.46. The fourth-order valence-corrected chi connectivity index (χ4v) is 2.66. The van der Waals surface area contributed by atoms with Crippen LogP contribution in [0.3, 0.4) is 0 Å². The smallest absolute Gasteiger partial charge is 0.230 e. The van der Waals surface area contributed by atoms with Crippen molar-refractivity contribution in [1.29, 1.82) is 0 Å². The highest BCUT2D eigenvalue weighted by Gasteiger charge is 2.58. The second-order valence-electron chi connectivity index (χ2n) is 4.49. The molecule has 1 heterocycles. The molecule has 3 nitrogen and oxygen atoms in total. The quantitative estimate of drug-likeness (QED) is 0.812. The Bertz CT molecular complexity index is 431. The monoisotopic (exact) mass is 220 g/mol. The summed E-state index contributed by atoms with van der Waals surface area (Å²) in [4.78, 5) is 13.7. The molecule has 3 atom stereocenters. The summed E-state index contributed by atoms with van der Waals surface area (Å²) >= 11 is 0. The lowest BCUT2D eigenvalue weighted by molar-refractivity contribution is -0.118. The molecule has 0 aromatic heterocycles. The van der Waals surface area contributed by atoms with Crippen LogP contribution in [0.4, 0.5) is 10.1 Å². The van der Waals surface area contributed by atoms with E-state index < -0.39 is 0 Å². The molecule has 1 aromatic rings. The van der Waals surface area contributed by atoms with Crippen LogP contribution in [-0.2, 0) is 4.79 Å². The molecular formula is C12H13FN2O. The Morgan fingerprint density at radius 3 is 2.69 bits per heavy atom. The van der Waals surface area contributed by atoms with Gasteiger partial charge < -0.3 is 10.6 Å². The van der Waals surface area contributed by atoms with Gasteiger partial charge in [0.25, 0.3) is 0 Å². The maximum Gasteiger partial charge on any atom is 0.230 e. The van der Waals surface area contributed by atoms with E-state index in [1.54, 1.807) is 17.0 Å². The minimum Gasteiger partial charge on any atom is -0.328 e. The van der Waals surface area contributed by atoms with Gasteiger partial charge in [-0.3, -0.25) is 4.79 Å². The molecule has 3 rings (SSSR count). The molecule has 1 saturated heterocycles. The fraction of sp³-hybridized carbons (Fsp3) is 0.417. The van der Waals surface area contributed by atoms with Crippen LogP contribution in [0.5, 0.6) is 0 Å². The van der Waals surface area contributed by atoms with Crippen molar-refractivity contribution in [1.82, 2.24) is 0 Å². The van der Waals surface area contributed by atoms with Gasteiger partial charge in [-0.05, 0) is 36.6 Å². The number of amides is 1. The topological polar surface area (TPSA) is 46.3 Å². The van der Waals surface area contributed by atoms with Gasteiger partial charge in [0.2, 0.25) is 5.91 Å². The average Bonchev–Trinajstić information content (AvgIpc) is 3.02. The molecule has 0 spiro atoms. The van der Waals surface area contributed by atoms with E-state index in [-0.39, 0.29) is 23.7 Å². The molecule has 0 bridgehead atoms. The first kappa shape index (κ1) is 9.78. The summed E-state index contributed by atoms with van der Waals surface area (Å²) in [6.07, 6.45) is 0.971. The van der Waals surface area contributed by atoms with E-state index in [9.17, 15) is 9.18 Å². The highest BCUT2D eigenvalue weighted by Crippen LogP contribution is 2.51. The molecule has 1 saturated carbocycles. The highest BCUT2D eigenvalue weighted by atomic mass is 19.1. The fourth-order valence-electron chi connectivity index (χ4n) is 2.66. The summed E-state index contributed by atoms with van der Waals surface area (Å²) in [5, 5.41) is 0. The summed E-state index contributed by atoms with van der Waals surface area (Å²) in [6, 6.07) is 6.13. The van der Waals surface area contributed by atoms with E-state index in [4.69, 9.17) is 5.73 Å². The first-order chi connectivity index (χ1) is 7.72. The van der Waals surface area contributed by atoms with Crippen molar-refractivity contribution in [2.24, 2.45) is 17.6 Å². The Labute approximate surface area is 93.0 Å². The molecule has 16 heavy (non-hydrogen) atoms. The number of halogens is 1. The van der Waals surface area contributed by atoms with Crippen LogP contribution < -0.4 is 10.6 Å². The van der Waals surface area contributed by atoms with Crippen LogP contribution in [0.1, 0.15) is 6.42 Å². The number of hydrogen-bond acceptors (Lipinski definition) is 2. The van der Waals surface area contributed by atoms with Gasteiger partial charge in [-0.1, -0.05) is 0 Å². The van der Waals surface area contributed by atoms with Crippen LogP contribution >= 0.6 is 0 Å². The summed E-state index contributed by atoms with van der Waals surface area (Å²) in [7, 11) is 0. The second-order valence-corrected chi connectivity index (χ2v) is 4.49. The molecule has 1 aromatic carbocycles. The lowest BCUT2D eigenvalue weighted by atomic mass is 10.1. The first-order valence-electron chi connectivity index (χ1n) is 5.51. The number of fused-ring (bicyclic) bond motifs is 1. The third-order valence-corrected chi connectivity index (χ3v) is 3.57. The van der Waals surface area contributed by atoms with Crippen molar-refractivity contribution >= 4 is 11.6 Å². The number of rotatable bonds is 2. The number of nitrogens with zero attached hydrogens (tertiary/aromatic N) is 1. The van der Waals surface area contributed by atoms with Crippen molar-refractivity contribution < 1.29 is 9.18 Å². The molecule has 2 aliphatic rings. The third-order valence-electron chi connectivity index (χ3n) is 3.57. The number of anilines is 1. The predicted octanol–water partition coefficient (Wildman–Crippen LogP) is 1.14. The molecule has 2 fully saturated rings. The summed E-state index contributed by atoms with van der Waals surface area (Å²) < 4.78 is 12.8. The van der Waals surface area contributed by atoms with Gasteiger partial charge in [0.15, 0.2) is 0 Å². The van der Waals surface area contributed by atoms with Gasteiger partial charge in [-0.15, -0.1) is 0 Å². The Hall–Kier alpha value is -1.42. The largest absolute Gasteiger partial charge is 0.328 e. The lowest BCUT2D eigenvalue weighted by Gasteiger charge is -2.26. The van der Waals surface area contributed by atoms with Crippen molar-refractivity contribution in [3.63, 3.8) is 0 Å². The Balaban J connectivity index is 1.94. The van der Waals surface area contributed by atoms with Crippen LogP contribution in [0.2, 0.25) is 0 Å². The molecule has 1 aliphatic heterocycles. The highest BCUT2D eigenvalue weighted by molar-refractivity contribution is 6.00. The predicted molar refractivity (Wildman–Crippen MR) is 58.3 cm³/mol. The third kappa shape index (κ3) is 1.26. The minimum absolute atomic E-state index is 0.1000. The normalized spacial score (nSPS) is 31.8. The number of carbonyl (C=O) groups is 1. The zero-order chi connectivity index (χ0) is 11.3. The molecule has 0 radical (unpaired) electrons. The maximum absolute atomic E-state index is 12.8. The van der Waals surface area contributed by atoms with Gasteiger partial charge in [0, 0.05) is 18.2 Å². The molecule has 84 valence electrons. The lowest BCUT2D eigenvalue weighted by Crippen LogP contribution is -2.41. The minimum atomic E-state index is -0.287. The van der Waals surface area contributed by atoms with Gasteiger partial charge in [0.1, 0.15) is 5.82 Å². The SMILES string of the molecule is NCC1C2CC2C(=O)N1c1ccc(F)cc1. The molecule has 1 aliphatic carbocycles. The Morgan fingerprint density at radius 1 is 1.38 bits per heavy atom. The molecule has 1 amide bonds. The van der Waals surface area contributed by atoms with E-state index >= 15 is 0 Å². The van der Waals surface area contributed by atoms with E-state index in [1.807, 2.05) is 0 Å². The van der Waals surface area contributed by atoms with Gasteiger partial charge >= 0.3 is 0 Å². The number of nitrogens with two attached hydrogens (primary N) is 1. The molecule has 4 heteroatoms. The zero-order valence-corrected chi connectivity index (χ0v) is 8.77. The average molecular weight is 220 g/mol. The van der Waals surface area contributed by atoms with Gasteiger partial charge in [0.05, 0.1) is 6.04 Å². The summed E-state index contributed by atoms with van der Waals surface area (Å²) in [6.45, 7) is 0.476. The molecule has 2 N–H and O–H groups in total. The van der Waals surface area contributed by atoms with Crippen LogP contribution in [0.25, 0.3) is 0 Å². The Morgan fingerprint density at radius 2 is 2.06 bits per heavy atom. The Kier molecular flexibility index (Phi) is 2.01. The maximum atomic E-state index is 12.8. The van der Waals surface area contributed by atoms with E-state index in [1.165, 1.54) is 12.1 Å². The number of hydrogen-bond donors (Lipinski definition) is 1. The van der Waals surface area contributed by atoms with Crippen LogP contribution in [-0.4, -0.2) is 18.5 Å². The van der Waals surface area contributed by atoms with Gasteiger partial charge in [-0.25, -0.2) is 4.39 Å². The van der Waals surface area contributed by atoms with Gasteiger partial charge in [-0.2, -0.15) is 0 Å². The number of carbonyl (C=O) groups excluding carboxylic acids is 1. The van der Waals surface area contributed by atoms with Crippen molar-refractivity contribution in [3.8, 4) is 0 Å². The van der Waals surface area contributed by atoms with E-state index in [0.717, 1.165) is 12.1 Å². The number of piperidine rings is 1.